The molecule has 0 bridgehead atoms. The molecule has 7 heteroatoms. The summed E-state index contributed by atoms with van der Waals surface area (Å²) in [6.45, 7) is 5.57. The van der Waals surface area contributed by atoms with Gasteiger partial charge in [-0.25, -0.2) is 4.99 Å². The highest BCUT2D eigenvalue weighted by Crippen LogP contribution is 2.17. The molecule has 0 saturated heterocycles. The fourth-order valence-corrected chi connectivity index (χ4v) is 4.02. The van der Waals surface area contributed by atoms with Gasteiger partial charge in [-0.05, 0) is 49.2 Å². The van der Waals surface area contributed by atoms with Crippen molar-refractivity contribution in [1.82, 2.24) is 4.98 Å². The van der Waals surface area contributed by atoms with Gasteiger partial charge in [0.15, 0.2) is 10.5 Å². The van der Waals surface area contributed by atoms with E-state index >= 15 is 0 Å². The Morgan fingerprint density at radius 3 is 2.21 bits per heavy atom. The molecule has 0 spiro atoms. The van der Waals surface area contributed by atoms with Gasteiger partial charge in [0.1, 0.15) is 0 Å². The average molecular weight is 428 g/mol. The molecule has 2 aromatic carbocycles. The molecule has 0 radical (unpaired) electrons. The smallest absolute Gasteiger partial charge is 0.279 e. The van der Waals surface area contributed by atoms with Crippen molar-refractivity contribution in [2.75, 3.05) is 18.0 Å². The lowest BCUT2D eigenvalue weighted by Gasteiger charge is -2.21. The first kappa shape index (κ1) is 21.1. The lowest BCUT2D eigenvalue weighted by molar-refractivity contribution is 0.731. The van der Waals surface area contributed by atoms with Crippen LogP contribution in [0.15, 0.2) is 63.1 Å². The van der Waals surface area contributed by atoms with Crippen LogP contribution < -0.4 is 19.9 Å². The summed E-state index contributed by atoms with van der Waals surface area (Å²) in [7, 11) is 0. The fourth-order valence-electron chi connectivity index (χ4n) is 3.02. The molecule has 3 rings (SSSR count). The van der Waals surface area contributed by atoms with Crippen molar-refractivity contribution in [1.29, 1.82) is 0 Å². The van der Waals surface area contributed by atoms with Crippen molar-refractivity contribution in [2.24, 2.45) is 4.99 Å². The number of halogens is 1. The quantitative estimate of drug-likeness (QED) is 0.579. The highest BCUT2D eigenvalue weighted by atomic mass is 35.5. The van der Waals surface area contributed by atoms with Crippen LogP contribution in [0.25, 0.3) is 10.8 Å². The number of rotatable bonds is 6. The van der Waals surface area contributed by atoms with Crippen molar-refractivity contribution >= 4 is 45.2 Å². The zero-order valence-electron chi connectivity index (χ0n) is 16.4. The Bertz CT molecular complexity index is 1190. The van der Waals surface area contributed by atoms with Crippen LogP contribution in [0, 0.1) is 0 Å². The van der Waals surface area contributed by atoms with Gasteiger partial charge in [0.25, 0.3) is 5.56 Å². The fraction of sp³-hybridized carbons (Fsp3) is 0.273. The van der Waals surface area contributed by atoms with E-state index in [0.29, 0.717) is 32.0 Å². The zero-order chi connectivity index (χ0) is 20.8. The maximum Gasteiger partial charge on any atom is 0.279 e. The minimum atomic E-state index is -0.426. The first-order chi connectivity index (χ1) is 14.0. The third-order valence-corrected chi connectivity index (χ3v) is 5.43. The monoisotopic (exact) mass is 427 g/mol. The predicted molar refractivity (Wildman–Crippen MR) is 122 cm³/mol. The van der Waals surface area contributed by atoms with E-state index in [4.69, 9.17) is 11.6 Å². The van der Waals surface area contributed by atoms with E-state index in [1.165, 1.54) is 0 Å². The number of hydrogen-bond donors (Lipinski definition) is 0. The van der Waals surface area contributed by atoms with E-state index in [1.807, 2.05) is 4.90 Å². The molecule has 0 aliphatic rings. The number of hydrogen-bond acceptors (Lipinski definition) is 6. The zero-order valence-corrected chi connectivity index (χ0v) is 18.0. The highest BCUT2D eigenvalue weighted by molar-refractivity contribution is 7.07. The van der Waals surface area contributed by atoms with Crippen LogP contribution in [0.2, 0.25) is 5.02 Å². The van der Waals surface area contributed by atoms with Crippen molar-refractivity contribution in [3.05, 3.63) is 78.1 Å². The predicted octanol–water partition coefficient (Wildman–Crippen LogP) is 4.53. The summed E-state index contributed by atoms with van der Waals surface area (Å²) in [6.07, 6.45) is 1.77. The van der Waals surface area contributed by atoms with Gasteiger partial charge < -0.3 is 4.90 Å². The SMILES string of the molecule is CCCN(CCC)c1nc(=O)c2ccccc2c(=O)sc1=Nc1ccc(Cl)cc1. The Morgan fingerprint density at radius 2 is 1.59 bits per heavy atom. The molecule has 1 aromatic heterocycles. The molecule has 0 saturated carbocycles. The minimum Gasteiger partial charge on any atom is -0.354 e. The van der Waals surface area contributed by atoms with E-state index in [2.05, 4.69) is 23.8 Å². The summed E-state index contributed by atoms with van der Waals surface area (Å²) >= 11 is 6.98. The third-order valence-electron chi connectivity index (χ3n) is 4.31. The van der Waals surface area contributed by atoms with Crippen molar-refractivity contribution < 1.29 is 0 Å². The summed E-state index contributed by atoms with van der Waals surface area (Å²) in [5.41, 5.74) is 0.219. The Morgan fingerprint density at radius 1 is 0.966 bits per heavy atom. The van der Waals surface area contributed by atoms with Gasteiger partial charge in [0, 0.05) is 23.5 Å². The van der Waals surface area contributed by atoms with Gasteiger partial charge in [-0.2, -0.15) is 4.98 Å². The lowest BCUT2D eigenvalue weighted by atomic mass is 10.2. The molecule has 0 N–H and O–H groups in total. The minimum absolute atomic E-state index is 0.220. The van der Waals surface area contributed by atoms with Gasteiger partial charge >= 0.3 is 0 Å². The van der Waals surface area contributed by atoms with E-state index in [1.54, 1.807) is 48.5 Å². The second kappa shape index (κ2) is 9.76. The number of nitrogens with zero attached hydrogens (tertiary/aromatic N) is 3. The van der Waals surface area contributed by atoms with Gasteiger partial charge in [0.05, 0.1) is 11.1 Å². The Labute approximate surface area is 178 Å². The molecule has 0 fully saturated rings. The Balaban J connectivity index is 2.42. The second-order valence-corrected chi connectivity index (χ2v) is 7.95. The first-order valence-electron chi connectivity index (χ1n) is 9.57. The maximum atomic E-state index is 13.0. The van der Waals surface area contributed by atoms with Crippen LogP contribution in [0.5, 0.6) is 0 Å². The molecule has 5 nitrogen and oxygen atoms in total. The number of benzene rings is 2. The molecular formula is C22H22ClN3O2S. The van der Waals surface area contributed by atoms with Crippen LogP contribution in [-0.2, 0) is 0 Å². The van der Waals surface area contributed by atoms with Crippen molar-refractivity contribution in [3.63, 3.8) is 0 Å². The molecule has 150 valence electrons. The summed E-state index contributed by atoms with van der Waals surface area (Å²) in [4.78, 5) is 37.0. The van der Waals surface area contributed by atoms with E-state index < -0.39 is 5.56 Å². The van der Waals surface area contributed by atoms with Crippen LogP contribution in [-0.4, -0.2) is 18.1 Å². The normalized spacial score (nSPS) is 11.6. The topological polar surface area (TPSA) is 62.6 Å². The molecule has 0 atom stereocenters. The highest BCUT2D eigenvalue weighted by Gasteiger charge is 2.12. The van der Waals surface area contributed by atoms with Crippen LogP contribution in [0.3, 0.4) is 0 Å². The van der Waals surface area contributed by atoms with Crippen LogP contribution >= 0.6 is 22.9 Å². The Kier molecular flexibility index (Phi) is 7.12. The summed E-state index contributed by atoms with van der Waals surface area (Å²) in [6, 6.07) is 13.8. The molecule has 3 aromatic rings. The van der Waals surface area contributed by atoms with Gasteiger partial charge in [0.2, 0.25) is 4.74 Å². The van der Waals surface area contributed by atoms with E-state index in [-0.39, 0.29) is 4.74 Å². The lowest BCUT2D eigenvalue weighted by Crippen LogP contribution is -2.32. The molecule has 0 aliphatic carbocycles. The van der Waals surface area contributed by atoms with Crippen LogP contribution in [0.1, 0.15) is 26.7 Å². The summed E-state index contributed by atoms with van der Waals surface area (Å²) in [5, 5.41) is 1.28. The van der Waals surface area contributed by atoms with Gasteiger partial charge in [-0.3, -0.25) is 9.59 Å². The molecule has 0 unspecified atom stereocenters. The number of aromatic nitrogens is 1. The maximum absolute atomic E-state index is 13.0. The second-order valence-electron chi connectivity index (χ2n) is 6.56. The van der Waals surface area contributed by atoms with Crippen molar-refractivity contribution in [3.8, 4) is 0 Å². The van der Waals surface area contributed by atoms with E-state index in [0.717, 1.165) is 37.3 Å². The molecular weight excluding hydrogens is 406 g/mol. The molecule has 0 aliphatic heterocycles. The number of anilines is 1. The Hall–Kier alpha value is -2.57. The standard InChI is InChI=1S/C22H22ClN3O2S/c1-3-13-26(14-4-2)19-21(24-16-11-9-15(23)10-12-16)29-22(28)18-8-6-5-7-17(18)20(27)25-19/h5-12H,3-4,13-14H2,1-2H3. The summed E-state index contributed by atoms with van der Waals surface area (Å²) in [5.74, 6) is 0.446. The van der Waals surface area contributed by atoms with Crippen molar-refractivity contribution in [2.45, 2.75) is 26.7 Å². The largest absolute Gasteiger partial charge is 0.354 e. The van der Waals surface area contributed by atoms with Crippen LogP contribution in [0.4, 0.5) is 11.5 Å². The average Bonchev–Trinajstić information content (AvgIpc) is 2.72. The third kappa shape index (κ3) is 5.08. The molecule has 1 heterocycles. The van der Waals surface area contributed by atoms with Gasteiger partial charge in [-0.1, -0.05) is 48.9 Å². The van der Waals surface area contributed by atoms with E-state index in [9.17, 15) is 9.59 Å². The first-order valence-corrected chi connectivity index (χ1v) is 10.8. The number of fused-ring (bicyclic) bond motifs is 1. The van der Waals surface area contributed by atoms with Gasteiger partial charge in [-0.15, -0.1) is 0 Å². The summed E-state index contributed by atoms with van der Waals surface area (Å²) < 4.78 is 0.198. The molecule has 29 heavy (non-hydrogen) atoms. The molecule has 0 amide bonds.